The zero-order valence-corrected chi connectivity index (χ0v) is 58.9. The Kier molecular flexibility index (Phi) is 13.5. The van der Waals surface area contributed by atoms with Gasteiger partial charge in [0.25, 0.3) is 0 Å². The fourth-order valence-corrected chi connectivity index (χ4v) is 22.5. The molecule has 2 nitrogen and oxygen atoms in total. The Labute approximate surface area is 622 Å². The van der Waals surface area contributed by atoms with Crippen molar-refractivity contribution >= 4 is 104 Å². The molecule has 2 aliphatic carbocycles. The molecule has 0 bridgehead atoms. The Hall–Kier alpha value is -12.1. The fraction of sp³-hybridized carbons (Fsp3) is 0.0303. The molecule has 1 spiro atoms. The molecule has 0 saturated heterocycles. The number of benzene rings is 16. The molecule has 0 unspecified atom stereocenters. The molecule has 4 heterocycles. The minimum atomic E-state index is -0.767. The van der Waals surface area contributed by atoms with E-state index in [0.29, 0.717) is 0 Å². The lowest BCUT2D eigenvalue weighted by Gasteiger charge is -2.46. The predicted octanol–water partition coefficient (Wildman–Crippen LogP) is 20.3. The van der Waals surface area contributed by atoms with E-state index in [-0.39, 0.29) is 13.4 Å². The zero-order chi connectivity index (χ0) is 69.0. The number of hydrogen-bond donors (Lipinski definition) is 0. The SMILES string of the molecule is c1ccc(B2c3ccccc3Sc3c2ccc2c3-c3cc(N4c5ccccc5C(c5ccccc5)(c5ccccc5)c5ccccc54)ccc3C23c2ccc(N4c5ccccc5C(c5ccccc5)(c5ccccc5)c5ccccc54)cc2-c2c3ccc3c2Sc2ccccc2B3c2ccccc2)cc1. The predicted molar refractivity (Wildman–Crippen MR) is 439 cm³/mol. The van der Waals surface area contributed by atoms with Crippen molar-refractivity contribution in [1.82, 2.24) is 0 Å². The van der Waals surface area contributed by atoms with Crippen molar-refractivity contribution in [2.24, 2.45) is 0 Å². The molecule has 105 heavy (non-hydrogen) atoms. The van der Waals surface area contributed by atoms with E-state index in [1.165, 1.54) is 141 Å². The Morgan fingerprint density at radius 1 is 0.219 bits per heavy atom. The van der Waals surface area contributed by atoms with Crippen molar-refractivity contribution in [3.63, 3.8) is 0 Å². The maximum absolute atomic E-state index is 2.60. The molecule has 16 aromatic rings. The van der Waals surface area contributed by atoms with Gasteiger partial charge >= 0.3 is 0 Å². The van der Waals surface area contributed by atoms with Crippen LogP contribution in [-0.2, 0) is 16.2 Å². The van der Waals surface area contributed by atoms with Gasteiger partial charge in [0, 0.05) is 42.1 Å². The third kappa shape index (κ3) is 8.38. The summed E-state index contributed by atoms with van der Waals surface area (Å²) in [5.74, 6) is 0. The molecule has 488 valence electrons. The van der Waals surface area contributed by atoms with E-state index in [1.54, 1.807) is 0 Å². The highest BCUT2D eigenvalue weighted by Gasteiger charge is 2.56. The molecule has 0 fully saturated rings. The fourth-order valence-electron chi connectivity index (χ4n) is 19.9. The second-order valence-corrected chi connectivity index (χ2v) is 30.8. The van der Waals surface area contributed by atoms with Crippen LogP contribution < -0.4 is 42.6 Å². The molecular formula is C99H64B2N2S2. The van der Waals surface area contributed by atoms with E-state index in [9.17, 15) is 0 Å². The molecular weight excluding hydrogens is 1300 g/mol. The lowest BCUT2D eigenvalue weighted by Crippen LogP contribution is -2.55. The molecule has 0 amide bonds. The third-order valence-corrected chi connectivity index (χ3v) is 26.3. The first-order valence-corrected chi connectivity index (χ1v) is 38.2. The summed E-state index contributed by atoms with van der Waals surface area (Å²) in [4.78, 5) is 10.4. The summed E-state index contributed by atoms with van der Waals surface area (Å²) in [6.07, 6.45) is 0. The van der Waals surface area contributed by atoms with E-state index >= 15 is 0 Å². The normalized spacial score (nSPS) is 14.9. The number of anilines is 6. The molecule has 0 aromatic heterocycles. The molecule has 0 atom stereocenters. The highest BCUT2D eigenvalue weighted by molar-refractivity contribution is 8.00. The first kappa shape index (κ1) is 60.5. The van der Waals surface area contributed by atoms with E-state index in [0.717, 1.165) is 34.1 Å². The van der Waals surface area contributed by atoms with E-state index in [4.69, 9.17) is 0 Å². The van der Waals surface area contributed by atoms with Crippen LogP contribution in [0.25, 0.3) is 22.3 Å². The number of fused-ring (bicyclic) bond motifs is 20. The van der Waals surface area contributed by atoms with Crippen LogP contribution in [0.1, 0.15) is 66.8 Å². The van der Waals surface area contributed by atoms with Gasteiger partial charge < -0.3 is 9.80 Å². The van der Waals surface area contributed by atoms with Gasteiger partial charge in [0.2, 0.25) is 13.4 Å². The van der Waals surface area contributed by atoms with Crippen LogP contribution in [-0.4, -0.2) is 13.4 Å². The van der Waals surface area contributed by atoms with Crippen LogP contribution in [0.15, 0.2) is 408 Å². The largest absolute Gasteiger partial charge is 0.310 e. The summed E-state index contributed by atoms with van der Waals surface area (Å²) >= 11 is 3.92. The standard InChI is InChI=1S/C99H64B2N2S2/c1-7-31-65(32-8-1)97(66-33-9-2-10-34-66)77-43-19-25-49-87(77)102(88-50-26-20-44-78(88)97)71-55-57-75-73(63-71)93-81(59-61-85-95(93)104-91-53-29-23-47-83(91)100(85)69-39-15-5-16-40-69)99(75)76-58-56-72(64-74(76)94-82(99)60-62-86-96(94)105-92-54-30-24-48-84(92)101(86)70-41-17-6-18-42-70)103-89-51-27-21-45-79(89)98(67-35-11-3-12-36-67,68-37-13-4-14-38-68)80-46-22-28-52-90(80)103/h1-64H. The summed E-state index contributed by atoms with van der Waals surface area (Å²) in [5.41, 5.74) is 33.1. The third-order valence-electron chi connectivity index (χ3n) is 23.8. The van der Waals surface area contributed by atoms with Crippen molar-refractivity contribution in [2.75, 3.05) is 9.80 Å². The van der Waals surface area contributed by atoms with Gasteiger partial charge in [0.15, 0.2) is 0 Å². The molecule has 16 aromatic carbocycles. The van der Waals surface area contributed by atoms with Gasteiger partial charge in [-0.2, -0.15) is 0 Å². The van der Waals surface area contributed by atoms with Crippen molar-refractivity contribution in [2.45, 2.75) is 35.8 Å². The van der Waals surface area contributed by atoms with E-state index < -0.39 is 16.2 Å². The second-order valence-electron chi connectivity index (χ2n) is 28.7. The average Bonchev–Trinajstić information content (AvgIpc) is 1.55. The summed E-state index contributed by atoms with van der Waals surface area (Å²) < 4.78 is 0. The van der Waals surface area contributed by atoms with Gasteiger partial charge in [-0.3, -0.25) is 0 Å². The maximum Gasteiger partial charge on any atom is 0.244 e. The van der Waals surface area contributed by atoms with Gasteiger partial charge in [0.1, 0.15) is 0 Å². The molecule has 0 radical (unpaired) electrons. The molecule has 0 N–H and O–H groups in total. The Balaban J connectivity index is 0.834. The summed E-state index contributed by atoms with van der Waals surface area (Å²) in [7, 11) is 0. The monoisotopic (exact) mass is 1370 g/mol. The zero-order valence-electron chi connectivity index (χ0n) is 57.3. The van der Waals surface area contributed by atoms with Gasteiger partial charge in [-0.05, 0) is 139 Å². The van der Waals surface area contributed by atoms with Crippen molar-refractivity contribution in [3.05, 3.63) is 455 Å². The Morgan fingerprint density at radius 2 is 0.505 bits per heavy atom. The van der Waals surface area contributed by atoms with Gasteiger partial charge in [-0.1, -0.05) is 384 Å². The molecule has 0 saturated carbocycles. The minimum Gasteiger partial charge on any atom is -0.310 e. The first-order valence-electron chi connectivity index (χ1n) is 36.6. The summed E-state index contributed by atoms with van der Waals surface area (Å²) in [6.45, 7) is 0.0259. The molecule has 6 aliphatic rings. The van der Waals surface area contributed by atoms with Crippen LogP contribution in [0.4, 0.5) is 34.1 Å². The van der Waals surface area contributed by atoms with Gasteiger partial charge in [-0.15, -0.1) is 0 Å². The van der Waals surface area contributed by atoms with Crippen LogP contribution >= 0.6 is 23.5 Å². The second kappa shape index (κ2) is 23.5. The Bertz CT molecular complexity index is 5650. The van der Waals surface area contributed by atoms with Crippen molar-refractivity contribution < 1.29 is 0 Å². The number of hydrogen-bond acceptors (Lipinski definition) is 4. The lowest BCUT2D eigenvalue weighted by molar-refractivity contribution is 0.731. The van der Waals surface area contributed by atoms with Gasteiger partial charge in [0.05, 0.1) is 39.0 Å². The van der Waals surface area contributed by atoms with Crippen LogP contribution in [0.3, 0.4) is 0 Å². The average molecular weight is 1370 g/mol. The molecule has 22 rings (SSSR count). The van der Waals surface area contributed by atoms with Crippen LogP contribution in [0, 0.1) is 0 Å². The Morgan fingerprint density at radius 3 is 0.848 bits per heavy atom. The van der Waals surface area contributed by atoms with E-state index in [1.807, 2.05) is 23.5 Å². The highest BCUT2D eigenvalue weighted by atomic mass is 32.2. The number of nitrogens with zero attached hydrogens (tertiary/aromatic N) is 2. The first-order chi connectivity index (χ1) is 52.1. The highest BCUT2D eigenvalue weighted by Crippen LogP contribution is 2.68. The summed E-state index contributed by atoms with van der Waals surface area (Å²) in [5, 5.41) is 0. The lowest BCUT2D eigenvalue weighted by atomic mass is 9.36. The van der Waals surface area contributed by atoms with Crippen molar-refractivity contribution in [3.8, 4) is 22.3 Å². The minimum absolute atomic E-state index is 0.0130. The maximum atomic E-state index is 2.60. The quantitative estimate of drug-likeness (QED) is 0.140. The van der Waals surface area contributed by atoms with Gasteiger partial charge in [-0.25, -0.2) is 0 Å². The molecule has 4 aliphatic heterocycles. The smallest absolute Gasteiger partial charge is 0.244 e. The number of para-hydroxylation sites is 4. The summed E-state index contributed by atoms with van der Waals surface area (Å²) in [6, 6.07) is 148. The van der Waals surface area contributed by atoms with Crippen LogP contribution in [0.2, 0.25) is 0 Å². The topological polar surface area (TPSA) is 6.48 Å². The molecule has 6 heteroatoms. The van der Waals surface area contributed by atoms with E-state index in [2.05, 4.69) is 398 Å². The van der Waals surface area contributed by atoms with Crippen LogP contribution in [0.5, 0.6) is 0 Å². The van der Waals surface area contributed by atoms with Crippen molar-refractivity contribution in [1.29, 1.82) is 0 Å². The number of rotatable bonds is 8.